The largest absolute Gasteiger partial charge is 0.463 e. The molecule has 0 radical (unpaired) electrons. The fourth-order valence-electron chi connectivity index (χ4n) is 1.52. The predicted octanol–water partition coefficient (Wildman–Crippen LogP) is 2.61. The van der Waals surface area contributed by atoms with E-state index in [4.69, 9.17) is 10.00 Å². The van der Waals surface area contributed by atoms with Gasteiger partial charge in [-0.25, -0.2) is 4.79 Å². The van der Waals surface area contributed by atoms with Gasteiger partial charge in [0.2, 0.25) is 0 Å². The normalized spacial score (nSPS) is 10.8. The van der Waals surface area contributed by atoms with Crippen molar-refractivity contribution in [3.05, 3.63) is 47.0 Å². The van der Waals surface area contributed by atoms with Gasteiger partial charge in [-0.3, -0.25) is 0 Å². The van der Waals surface area contributed by atoms with E-state index in [1.165, 1.54) is 6.08 Å². The molecule has 1 aromatic carbocycles. The molecule has 88 valence electrons. The third kappa shape index (κ3) is 4.12. The summed E-state index contributed by atoms with van der Waals surface area (Å²) in [5, 5.41) is 8.94. The van der Waals surface area contributed by atoms with Crippen LogP contribution in [0.25, 0.3) is 0 Å². The molecular formula is C14H15NO2. The molecule has 3 heteroatoms. The first-order valence-corrected chi connectivity index (χ1v) is 5.49. The van der Waals surface area contributed by atoms with Crippen LogP contribution in [-0.2, 0) is 16.0 Å². The average Bonchev–Trinajstić information content (AvgIpc) is 2.29. The molecule has 0 bridgehead atoms. The van der Waals surface area contributed by atoms with E-state index in [0.29, 0.717) is 18.6 Å². The zero-order chi connectivity index (χ0) is 12.7. The van der Waals surface area contributed by atoms with Gasteiger partial charge >= 0.3 is 5.97 Å². The molecule has 0 saturated heterocycles. The first-order chi connectivity index (χ1) is 8.17. The number of rotatable bonds is 4. The molecule has 1 rings (SSSR count). The van der Waals surface area contributed by atoms with Crippen LogP contribution in [0, 0.1) is 11.3 Å². The second-order valence-corrected chi connectivity index (χ2v) is 3.69. The number of esters is 1. The number of carbonyl (C=O) groups excluding carboxylic acids is 1. The van der Waals surface area contributed by atoms with Crippen LogP contribution < -0.4 is 0 Å². The summed E-state index contributed by atoms with van der Waals surface area (Å²) in [4.78, 5) is 11.2. The Morgan fingerprint density at radius 2 is 2.18 bits per heavy atom. The van der Waals surface area contributed by atoms with Gasteiger partial charge in [-0.05, 0) is 31.9 Å². The molecule has 0 atom stereocenters. The summed E-state index contributed by atoms with van der Waals surface area (Å²) >= 11 is 0. The van der Waals surface area contributed by atoms with Crippen molar-refractivity contribution in [1.82, 2.24) is 0 Å². The highest BCUT2D eigenvalue weighted by Crippen LogP contribution is 2.12. The summed E-state index contributed by atoms with van der Waals surface area (Å²) in [6, 6.07) is 9.51. The van der Waals surface area contributed by atoms with Gasteiger partial charge in [0, 0.05) is 6.08 Å². The van der Waals surface area contributed by atoms with Crippen molar-refractivity contribution in [3.8, 4) is 6.07 Å². The Hall–Kier alpha value is -2.08. The number of hydrogen-bond acceptors (Lipinski definition) is 3. The van der Waals surface area contributed by atoms with Crippen molar-refractivity contribution in [1.29, 1.82) is 5.26 Å². The predicted molar refractivity (Wildman–Crippen MR) is 65.3 cm³/mol. The molecular weight excluding hydrogens is 214 g/mol. The lowest BCUT2D eigenvalue weighted by molar-refractivity contribution is -0.137. The van der Waals surface area contributed by atoms with Crippen molar-refractivity contribution < 1.29 is 9.53 Å². The lowest BCUT2D eigenvalue weighted by Gasteiger charge is -2.04. The van der Waals surface area contributed by atoms with Crippen molar-refractivity contribution in [3.63, 3.8) is 0 Å². The minimum Gasteiger partial charge on any atom is -0.463 e. The van der Waals surface area contributed by atoms with E-state index in [2.05, 4.69) is 6.07 Å². The zero-order valence-corrected chi connectivity index (χ0v) is 10.1. The third-order valence-electron chi connectivity index (χ3n) is 2.26. The van der Waals surface area contributed by atoms with Gasteiger partial charge in [0.15, 0.2) is 0 Å². The van der Waals surface area contributed by atoms with Crippen LogP contribution in [0.15, 0.2) is 35.9 Å². The van der Waals surface area contributed by atoms with Gasteiger partial charge in [0.1, 0.15) is 0 Å². The fraction of sp³-hybridized carbons (Fsp3) is 0.286. The summed E-state index contributed by atoms with van der Waals surface area (Å²) in [6.45, 7) is 3.99. The van der Waals surface area contributed by atoms with E-state index in [9.17, 15) is 4.79 Å². The van der Waals surface area contributed by atoms with Gasteiger partial charge < -0.3 is 4.74 Å². The van der Waals surface area contributed by atoms with Crippen LogP contribution in [0.2, 0.25) is 0 Å². The number of benzene rings is 1. The number of nitrogens with zero attached hydrogens (tertiary/aromatic N) is 1. The number of carbonyl (C=O) groups is 1. The Kier molecular flexibility index (Phi) is 4.96. The standard InChI is InChI=1S/C14H15NO2/c1-3-17-14(16)9-11(2)8-12-6-4-5-7-13(12)10-15/h4-7,9H,3,8H2,1-2H3/b11-9+. The Balaban J connectivity index is 2.78. The average molecular weight is 229 g/mol. The lowest BCUT2D eigenvalue weighted by atomic mass is 10.0. The minimum atomic E-state index is -0.334. The Bertz CT molecular complexity index is 469. The maximum absolute atomic E-state index is 11.2. The molecule has 0 fully saturated rings. The Labute approximate surface area is 101 Å². The summed E-state index contributed by atoms with van der Waals surface area (Å²) in [5.74, 6) is -0.334. The molecule has 0 saturated carbocycles. The monoisotopic (exact) mass is 229 g/mol. The number of nitriles is 1. The summed E-state index contributed by atoms with van der Waals surface area (Å²) in [7, 11) is 0. The maximum atomic E-state index is 11.2. The second kappa shape index (κ2) is 6.49. The number of ether oxygens (including phenoxy) is 1. The van der Waals surface area contributed by atoms with E-state index < -0.39 is 0 Å². The molecule has 3 nitrogen and oxygen atoms in total. The fourth-order valence-corrected chi connectivity index (χ4v) is 1.52. The zero-order valence-electron chi connectivity index (χ0n) is 10.1. The van der Waals surface area contributed by atoms with E-state index in [0.717, 1.165) is 11.1 Å². The van der Waals surface area contributed by atoms with Crippen molar-refractivity contribution >= 4 is 5.97 Å². The molecule has 17 heavy (non-hydrogen) atoms. The maximum Gasteiger partial charge on any atom is 0.330 e. The second-order valence-electron chi connectivity index (χ2n) is 3.69. The Morgan fingerprint density at radius 3 is 2.82 bits per heavy atom. The summed E-state index contributed by atoms with van der Waals surface area (Å²) in [5.41, 5.74) is 2.45. The van der Waals surface area contributed by atoms with E-state index in [-0.39, 0.29) is 5.97 Å². The molecule has 0 unspecified atom stereocenters. The SMILES string of the molecule is CCOC(=O)/C=C(\C)Cc1ccccc1C#N. The molecule has 0 aliphatic heterocycles. The third-order valence-corrected chi connectivity index (χ3v) is 2.26. The molecule has 0 aromatic heterocycles. The van der Waals surface area contributed by atoms with E-state index in [1.807, 2.05) is 25.1 Å². The highest BCUT2D eigenvalue weighted by molar-refractivity contribution is 5.82. The van der Waals surface area contributed by atoms with Crippen LogP contribution in [0.4, 0.5) is 0 Å². The molecule has 0 heterocycles. The van der Waals surface area contributed by atoms with Gasteiger partial charge in [-0.2, -0.15) is 5.26 Å². The highest BCUT2D eigenvalue weighted by atomic mass is 16.5. The molecule has 0 aliphatic carbocycles. The van der Waals surface area contributed by atoms with E-state index >= 15 is 0 Å². The van der Waals surface area contributed by atoms with Gasteiger partial charge in [-0.1, -0.05) is 23.8 Å². The van der Waals surface area contributed by atoms with Gasteiger partial charge in [0.05, 0.1) is 18.2 Å². The summed E-state index contributed by atoms with van der Waals surface area (Å²) < 4.78 is 4.83. The van der Waals surface area contributed by atoms with Crippen LogP contribution in [0.1, 0.15) is 25.0 Å². The summed E-state index contributed by atoms with van der Waals surface area (Å²) in [6.07, 6.45) is 2.06. The molecule has 0 spiro atoms. The lowest BCUT2D eigenvalue weighted by Crippen LogP contribution is -2.01. The molecule has 1 aromatic rings. The van der Waals surface area contributed by atoms with Crippen LogP contribution in [-0.4, -0.2) is 12.6 Å². The highest BCUT2D eigenvalue weighted by Gasteiger charge is 2.03. The van der Waals surface area contributed by atoms with Crippen LogP contribution >= 0.6 is 0 Å². The smallest absolute Gasteiger partial charge is 0.330 e. The number of allylic oxidation sites excluding steroid dienone is 1. The quantitative estimate of drug-likeness (QED) is 0.589. The van der Waals surface area contributed by atoms with Gasteiger partial charge in [-0.15, -0.1) is 0 Å². The first kappa shape index (κ1) is 13.0. The molecule has 0 N–H and O–H groups in total. The molecule has 0 amide bonds. The van der Waals surface area contributed by atoms with Crippen LogP contribution in [0.5, 0.6) is 0 Å². The number of hydrogen-bond donors (Lipinski definition) is 0. The topological polar surface area (TPSA) is 50.1 Å². The first-order valence-electron chi connectivity index (χ1n) is 5.49. The van der Waals surface area contributed by atoms with E-state index in [1.54, 1.807) is 13.0 Å². The Morgan fingerprint density at radius 1 is 1.47 bits per heavy atom. The van der Waals surface area contributed by atoms with Crippen molar-refractivity contribution in [2.75, 3.05) is 6.61 Å². The van der Waals surface area contributed by atoms with Gasteiger partial charge in [0.25, 0.3) is 0 Å². The van der Waals surface area contributed by atoms with Crippen LogP contribution in [0.3, 0.4) is 0 Å². The van der Waals surface area contributed by atoms with Crippen molar-refractivity contribution in [2.45, 2.75) is 20.3 Å². The minimum absolute atomic E-state index is 0.334. The van der Waals surface area contributed by atoms with Crippen molar-refractivity contribution in [2.24, 2.45) is 0 Å². The molecule has 0 aliphatic rings.